The van der Waals surface area contributed by atoms with E-state index in [1.165, 1.54) is 0 Å². The highest BCUT2D eigenvalue weighted by Gasteiger charge is 2.38. The van der Waals surface area contributed by atoms with Gasteiger partial charge in [-0.05, 0) is 36.6 Å². The normalized spacial score (nSPS) is 22.8. The number of likely N-dealkylation sites (N-methyl/N-ethyl adjacent to an activating group) is 1. The van der Waals surface area contributed by atoms with Crippen molar-refractivity contribution >= 4 is 16.8 Å². The van der Waals surface area contributed by atoms with Crippen molar-refractivity contribution in [2.45, 2.75) is 18.9 Å². The van der Waals surface area contributed by atoms with E-state index in [4.69, 9.17) is 0 Å². The maximum absolute atomic E-state index is 12.2. The van der Waals surface area contributed by atoms with Gasteiger partial charge in [-0.2, -0.15) is 5.26 Å². The molecule has 2 heterocycles. The molecule has 136 valence electrons. The van der Waals surface area contributed by atoms with Gasteiger partial charge < -0.3 is 10.2 Å². The molecule has 3 rings (SSSR count). The molecule has 2 aromatic rings. The van der Waals surface area contributed by atoms with Crippen LogP contribution >= 0.6 is 0 Å². The maximum atomic E-state index is 12.2. The lowest BCUT2D eigenvalue weighted by molar-refractivity contribution is -0.128. The monoisotopic (exact) mass is 351 g/mol. The second-order valence-corrected chi connectivity index (χ2v) is 7.34. The van der Waals surface area contributed by atoms with Crippen molar-refractivity contribution in [1.29, 1.82) is 5.26 Å². The molecule has 1 aromatic heterocycles. The van der Waals surface area contributed by atoms with Gasteiger partial charge in [0.25, 0.3) is 0 Å². The third-order valence-electron chi connectivity index (χ3n) is 5.10. The molecule has 6 heteroatoms. The van der Waals surface area contributed by atoms with Gasteiger partial charge >= 0.3 is 0 Å². The molecule has 0 saturated carbocycles. The largest absolute Gasteiger partial charge is 0.348 e. The molecule has 0 unspecified atom stereocenters. The van der Waals surface area contributed by atoms with Crippen LogP contribution in [0.25, 0.3) is 10.9 Å². The second kappa shape index (κ2) is 7.40. The average Bonchev–Trinajstić information content (AvgIpc) is 2.65. The Hall–Kier alpha value is -2.49. The van der Waals surface area contributed by atoms with Crippen LogP contribution in [0.1, 0.15) is 24.5 Å². The van der Waals surface area contributed by atoms with Crippen molar-refractivity contribution in [1.82, 2.24) is 20.5 Å². The van der Waals surface area contributed by atoms with Crippen LogP contribution in [0.4, 0.5) is 0 Å². The van der Waals surface area contributed by atoms with Crippen LogP contribution in [-0.4, -0.2) is 49.5 Å². The standard InChI is InChI=1S/C20H25N5O/c1-14-9-20(13-22-11-14,24-12-18(26)25(2)3)17-7-6-15(10-21)19-16(17)5-4-8-23-19/h4-8,14,22,24H,9,11-13H2,1-3H3/t14-,20-/m0/s1. The summed E-state index contributed by atoms with van der Waals surface area (Å²) in [5.74, 6) is 0.506. The van der Waals surface area contributed by atoms with Crippen LogP contribution in [0.5, 0.6) is 0 Å². The minimum atomic E-state index is -0.376. The van der Waals surface area contributed by atoms with Gasteiger partial charge in [0.1, 0.15) is 6.07 Å². The number of nitriles is 1. The van der Waals surface area contributed by atoms with Crippen LogP contribution in [-0.2, 0) is 10.3 Å². The highest BCUT2D eigenvalue weighted by Crippen LogP contribution is 2.36. The van der Waals surface area contributed by atoms with Crippen LogP contribution in [0, 0.1) is 17.2 Å². The van der Waals surface area contributed by atoms with Crippen molar-refractivity contribution in [3.05, 3.63) is 41.6 Å². The summed E-state index contributed by atoms with van der Waals surface area (Å²) < 4.78 is 0. The smallest absolute Gasteiger partial charge is 0.236 e. The molecule has 1 aromatic carbocycles. The first-order chi connectivity index (χ1) is 12.5. The van der Waals surface area contributed by atoms with Crippen molar-refractivity contribution in [2.24, 2.45) is 5.92 Å². The van der Waals surface area contributed by atoms with E-state index < -0.39 is 0 Å². The molecule has 0 radical (unpaired) electrons. The lowest BCUT2D eigenvalue weighted by atomic mass is 9.77. The van der Waals surface area contributed by atoms with Crippen LogP contribution in [0.2, 0.25) is 0 Å². The number of carbonyl (C=O) groups is 1. The van der Waals surface area contributed by atoms with Gasteiger partial charge in [-0.3, -0.25) is 15.1 Å². The van der Waals surface area contributed by atoms with E-state index in [9.17, 15) is 10.1 Å². The van der Waals surface area contributed by atoms with E-state index >= 15 is 0 Å². The molecule has 2 N–H and O–H groups in total. The fraction of sp³-hybridized carbons (Fsp3) is 0.450. The van der Waals surface area contributed by atoms with E-state index in [1.807, 2.05) is 24.3 Å². The number of amides is 1. The first kappa shape index (κ1) is 18.3. The summed E-state index contributed by atoms with van der Waals surface area (Å²) in [5.41, 5.74) is 2.00. The van der Waals surface area contributed by atoms with E-state index in [1.54, 1.807) is 25.2 Å². The van der Waals surface area contributed by atoms with Gasteiger partial charge in [-0.1, -0.05) is 19.1 Å². The molecule has 26 heavy (non-hydrogen) atoms. The third kappa shape index (κ3) is 3.41. The number of nitrogens with one attached hydrogen (secondary N) is 2. The number of hydrogen-bond acceptors (Lipinski definition) is 5. The molecule has 1 aliphatic rings. The zero-order chi connectivity index (χ0) is 18.7. The second-order valence-electron chi connectivity index (χ2n) is 7.34. The maximum Gasteiger partial charge on any atom is 0.236 e. The number of piperidine rings is 1. The lowest BCUT2D eigenvalue weighted by Gasteiger charge is -2.42. The summed E-state index contributed by atoms with van der Waals surface area (Å²) >= 11 is 0. The van der Waals surface area contributed by atoms with E-state index in [0.717, 1.165) is 30.5 Å². The van der Waals surface area contributed by atoms with E-state index in [-0.39, 0.29) is 18.0 Å². The number of carbonyl (C=O) groups excluding carboxylic acids is 1. The molecule has 0 aliphatic carbocycles. The predicted octanol–water partition coefficient (Wildman–Crippen LogP) is 1.61. The number of rotatable bonds is 4. The van der Waals surface area contributed by atoms with Crippen LogP contribution < -0.4 is 10.6 Å². The molecule has 1 aliphatic heterocycles. The Balaban J connectivity index is 2.09. The van der Waals surface area contributed by atoms with Gasteiger partial charge in [0.05, 0.1) is 23.2 Å². The average molecular weight is 351 g/mol. The molecular formula is C20H25N5O. The number of benzene rings is 1. The summed E-state index contributed by atoms with van der Waals surface area (Å²) in [6.45, 7) is 4.16. The molecular weight excluding hydrogens is 326 g/mol. The van der Waals surface area contributed by atoms with Gasteiger partial charge in [0.15, 0.2) is 0 Å². The van der Waals surface area contributed by atoms with Gasteiger partial charge in [0, 0.05) is 32.2 Å². The number of hydrogen-bond donors (Lipinski definition) is 2. The summed E-state index contributed by atoms with van der Waals surface area (Å²) in [6.07, 6.45) is 2.63. The summed E-state index contributed by atoms with van der Waals surface area (Å²) in [6, 6.07) is 9.97. The van der Waals surface area contributed by atoms with Crippen LogP contribution in [0.15, 0.2) is 30.5 Å². The first-order valence-electron chi connectivity index (χ1n) is 8.91. The summed E-state index contributed by atoms with van der Waals surface area (Å²) in [4.78, 5) is 18.2. The van der Waals surface area contributed by atoms with Crippen molar-refractivity contribution < 1.29 is 4.79 Å². The zero-order valence-electron chi connectivity index (χ0n) is 15.5. The Morgan fingerprint density at radius 1 is 1.46 bits per heavy atom. The number of fused-ring (bicyclic) bond motifs is 1. The third-order valence-corrected chi connectivity index (χ3v) is 5.10. The Labute approximate surface area is 154 Å². The molecule has 0 spiro atoms. The molecule has 1 amide bonds. The fourth-order valence-electron chi connectivity index (χ4n) is 3.79. The zero-order valence-corrected chi connectivity index (χ0v) is 15.5. The fourth-order valence-corrected chi connectivity index (χ4v) is 3.79. The minimum absolute atomic E-state index is 0.0404. The first-order valence-corrected chi connectivity index (χ1v) is 8.91. The number of aromatic nitrogens is 1. The topological polar surface area (TPSA) is 81.0 Å². The number of nitrogens with zero attached hydrogens (tertiary/aromatic N) is 3. The Kier molecular flexibility index (Phi) is 5.21. The number of pyridine rings is 1. The molecule has 6 nitrogen and oxygen atoms in total. The molecule has 0 bridgehead atoms. The SMILES string of the molecule is C[C@@H]1CNC[C@](NCC(=O)N(C)C)(c2ccc(C#N)c3ncccc23)C1. The summed E-state index contributed by atoms with van der Waals surface area (Å²) in [7, 11) is 3.53. The molecule has 2 atom stereocenters. The lowest BCUT2D eigenvalue weighted by Crippen LogP contribution is -2.57. The predicted molar refractivity (Wildman–Crippen MR) is 101 cm³/mol. The van der Waals surface area contributed by atoms with Gasteiger partial charge in [-0.15, -0.1) is 0 Å². The highest BCUT2D eigenvalue weighted by molar-refractivity contribution is 5.88. The van der Waals surface area contributed by atoms with Crippen LogP contribution in [0.3, 0.4) is 0 Å². The van der Waals surface area contributed by atoms with Crippen molar-refractivity contribution in [2.75, 3.05) is 33.7 Å². The highest BCUT2D eigenvalue weighted by atomic mass is 16.2. The summed E-state index contributed by atoms with van der Waals surface area (Å²) in [5, 5.41) is 17.4. The Morgan fingerprint density at radius 3 is 2.96 bits per heavy atom. The quantitative estimate of drug-likeness (QED) is 0.875. The van der Waals surface area contributed by atoms with Gasteiger partial charge in [0.2, 0.25) is 5.91 Å². The van der Waals surface area contributed by atoms with E-state index in [0.29, 0.717) is 17.0 Å². The minimum Gasteiger partial charge on any atom is -0.348 e. The van der Waals surface area contributed by atoms with Crippen molar-refractivity contribution in [3.8, 4) is 6.07 Å². The van der Waals surface area contributed by atoms with E-state index in [2.05, 4.69) is 28.6 Å². The Bertz CT molecular complexity index is 857. The van der Waals surface area contributed by atoms with Crippen molar-refractivity contribution in [3.63, 3.8) is 0 Å². The molecule has 1 saturated heterocycles. The Morgan fingerprint density at radius 2 is 2.27 bits per heavy atom. The van der Waals surface area contributed by atoms with Gasteiger partial charge in [-0.25, -0.2) is 0 Å². The molecule has 1 fully saturated rings.